The van der Waals surface area contributed by atoms with E-state index >= 15 is 0 Å². The molecule has 0 spiro atoms. The van der Waals surface area contributed by atoms with Crippen LogP contribution in [0.15, 0.2) is 12.4 Å². The van der Waals surface area contributed by atoms with Gasteiger partial charge in [-0.2, -0.15) is 0 Å². The molecule has 0 radical (unpaired) electrons. The van der Waals surface area contributed by atoms with Gasteiger partial charge in [-0.15, -0.1) is 0 Å². The number of aryl methyl sites for hydroxylation is 1. The van der Waals surface area contributed by atoms with Crippen molar-refractivity contribution in [1.29, 1.82) is 0 Å². The molecule has 0 aromatic carbocycles. The molecule has 0 N–H and O–H groups in total. The fraction of sp³-hybridized carbons (Fsp3) is 0.700. The van der Waals surface area contributed by atoms with Crippen molar-refractivity contribution in [2.75, 3.05) is 0 Å². The first-order valence-electron chi connectivity index (χ1n) is 4.46. The molecule has 68 valence electrons. The Bertz CT molecular complexity index is 259. The molecule has 0 saturated carbocycles. The molecule has 2 heteroatoms. The van der Waals surface area contributed by atoms with E-state index in [0.29, 0.717) is 5.92 Å². The van der Waals surface area contributed by atoms with Gasteiger partial charge in [-0.25, -0.2) is 4.98 Å². The summed E-state index contributed by atoms with van der Waals surface area (Å²) in [5.41, 5.74) is 0.167. The lowest BCUT2D eigenvalue weighted by atomic mass is 9.90. The normalized spacial score (nSPS) is 12.5. The van der Waals surface area contributed by atoms with E-state index in [9.17, 15) is 0 Å². The van der Waals surface area contributed by atoms with Gasteiger partial charge in [0.15, 0.2) is 0 Å². The molecule has 0 saturated heterocycles. The van der Waals surface area contributed by atoms with Crippen molar-refractivity contribution in [3.63, 3.8) is 0 Å². The average Bonchev–Trinajstić information content (AvgIpc) is 2.35. The van der Waals surface area contributed by atoms with Crippen LogP contribution >= 0.6 is 0 Å². The summed E-state index contributed by atoms with van der Waals surface area (Å²) in [7, 11) is 0. The molecule has 1 heterocycles. The second-order valence-corrected chi connectivity index (χ2v) is 4.15. The second-order valence-electron chi connectivity index (χ2n) is 4.15. The molecule has 0 unspecified atom stereocenters. The van der Waals surface area contributed by atoms with Crippen LogP contribution in [0.25, 0.3) is 0 Å². The van der Waals surface area contributed by atoms with Gasteiger partial charge in [-0.3, -0.25) is 0 Å². The maximum absolute atomic E-state index is 4.23. The lowest BCUT2D eigenvalue weighted by molar-refractivity contribution is 0.245. The summed E-state index contributed by atoms with van der Waals surface area (Å²) in [6.07, 6.45) is 3.91. The molecule has 1 aromatic heterocycles. The molecular formula is C10H18N2. The number of hydrogen-bond acceptors (Lipinski definition) is 1. The van der Waals surface area contributed by atoms with Crippen LogP contribution in [0.2, 0.25) is 0 Å². The highest BCUT2D eigenvalue weighted by atomic mass is 15.1. The zero-order chi connectivity index (χ0) is 9.35. The molecule has 0 atom stereocenters. The van der Waals surface area contributed by atoms with Crippen LogP contribution in [0, 0.1) is 12.8 Å². The lowest BCUT2D eigenvalue weighted by Crippen LogP contribution is -2.32. The minimum Gasteiger partial charge on any atom is -0.329 e. The molecule has 0 fully saturated rings. The molecule has 0 aliphatic carbocycles. The first kappa shape index (κ1) is 9.30. The van der Waals surface area contributed by atoms with E-state index in [1.54, 1.807) is 0 Å². The molecule has 12 heavy (non-hydrogen) atoms. The molecule has 1 rings (SSSR count). The first-order valence-corrected chi connectivity index (χ1v) is 4.46. The molecule has 0 bridgehead atoms. The Morgan fingerprint density at radius 2 is 2.00 bits per heavy atom. The van der Waals surface area contributed by atoms with Gasteiger partial charge >= 0.3 is 0 Å². The third-order valence-corrected chi connectivity index (χ3v) is 2.86. The second kappa shape index (κ2) is 2.92. The first-order chi connectivity index (χ1) is 5.46. The monoisotopic (exact) mass is 166 g/mol. The van der Waals surface area contributed by atoms with Crippen LogP contribution in [0.3, 0.4) is 0 Å². The van der Waals surface area contributed by atoms with Crippen LogP contribution in [0.4, 0.5) is 0 Å². The minimum absolute atomic E-state index is 0.167. The van der Waals surface area contributed by atoms with E-state index in [-0.39, 0.29) is 5.54 Å². The summed E-state index contributed by atoms with van der Waals surface area (Å²) in [6, 6.07) is 0. The fourth-order valence-corrected chi connectivity index (χ4v) is 1.27. The van der Waals surface area contributed by atoms with Gasteiger partial charge < -0.3 is 4.57 Å². The summed E-state index contributed by atoms with van der Waals surface area (Å²) < 4.78 is 2.23. The molecule has 1 aromatic rings. The number of aromatic nitrogens is 2. The zero-order valence-corrected chi connectivity index (χ0v) is 8.63. The van der Waals surface area contributed by atoms with Crippen molar-refractivity contribution in [1.82, 2.24) is 9.55 Å². The maximum atomic E-state index is 4.23. The number of hydrogen-bond donors (Lipinski definition) is 0. The predicted octanol–water partition coefficient (Wildman–Crippen LogP) is 2.58. The lowest BCUT2D eigenvalue weighted by Gasteiger charge is -2.32. The van der Waals surface area contributed by atoms with Crippen molar-refractivity contribution in [2.24, 2.45) is 5.92 Å². The highest BCUT2D eigenvalue weighted by Crippen LogP contribution is 2.25. The largest absolute Gasteiger partial charge is 0.329 e. The Morgan fingerprint density at radius 3 is 2.33 bits per heavy atom. The number of imidazole rings is 1. The number of nitrogens with zero attached hydrogens (tertiary/aromatic N) is 2. The summed E-state index contributed by atoms with van der Waals surface area (Å²) in [5.74, 6) is 1.71. The Morgan fingerprint density at radius 1 is 1.42 bits per heavy atom. The third kappa shape index (κ3) is 1.38. The summed E-state index contributed by atoms with van der Waals surface area (Å²) in [6.45, 7) is 11.0. The van der Waals surface area contributed by atoms with E-state index in [1.165, 1.54) is 0 Å². The summed E-state index contributed by atoms with van der Waals surface area (Å²) in [4.78, 5) is 4.23. The maximum Gasteiger partial charge on any atom is 0.105 e. The van der Waals surface area contributed by atoms with Crippen molar-refractivity contribution in [3.8, 4) is 0 Å². The predicted molar refractivity (Wildman–Crippen MR) is 51.1 cm³/mol. The molecular weight excluding hydrogens is 148 g/mol. The van der Waals surface area contributed by atoms with E-state index in [2.05, 4.69) is 43.4 Å². The van der Waals surface area contributed by atoms with Crippen LogP contribution in [0.1, 0.15) is 33.5 Å². The summed E-state index contributed by atoms with van der Waals surface area (Å²) >= 11 is 0. The van der Waals surface area contributed by atoms with Crippen molar-refractivity contribution in [3.05, 3.63) is 18.2 Å². The Labute approximate surface area is 74.6 Å². The third-order valence-electron chi connectivity index (χ3n) is 2.86. The Hall–Kier alpha value is -0.790. The van der Waals surface area contributed by atoms with Crippen LogP contribution in [-0.4, -0.2) is 9.55 Å². The fourth-order valence-electron chi connectivity index (χ4n) is 1.27. The van der Waals surface area contributed by atoms with Crippen molar-refractivity contribution in [2.45, 2.75) is 40.2 Å². The van der Waals surface area contributed by atoms with Gasteiger partial charge in [-0.1, -0.05) is 13.8 Å². The molecule has 0 aliphatic rings. The van der Waals surface area contributed by atoms with E-state index < -0.39 is 0 Å². The van der Waals surface area contributed by atoms with Crippen LogP contribution in [-0.2, 0) is 5.54 Å². The highest BCUT2D eigenvalue weighted by Gasteiger charge is 2.24. The molecule has 0 aliphatic heterocycles. The molecule has 0 amide bonds. The van der Waals surface area contributed by atoms with Gasteiger partial charge in [0, 0.05) is 17.9 Å². The minimum atomic E-state index is 0.167. The average molecular weight is 166 g/mol. The van der Waals surface area contributed by atoms with E-state index in [1.807, 2.05) is 13.1 Å². The van der Waals surface area contributed by atoms with E-state index in [4.69, 9.17) is 0 Å². The molecule has 2 nitrogen and oxygen atoms in total. The standard InChI is InChI=1S/C10H18N2/c1-8(2)10(4,5)12-7-6-11-9(12)3/h6-8H,1-5H3. The smallest absolute Gasteiger partial charge is 0.105 e. The van der Waals surface area contributed by atoms with Gasteiger partial charge in [0.25, 0.3) is 0 Å². The van der Waals surface area contributed by atoms with Gasteiger partial charge in [0.1, 0.15) is 5.82 Å². The highest BCUT2D eigenvalue weighted by molar-refractivity contribution is 4.96. The van der Waals surface area contributed by atoms with E-state index in [0.717, 1.165) is 5.82 Å². The Kier molecular flexibility index (Phi) is 2.27. The van der Waals surface area contributed by atoms with Crippen molar-refractivity contribution < 1.29 is 0 Å². The quantitative estimate of drug-likeness (QED) is 0.660. The SMILES string of the molecule is Cc1nccn1C(C)(C)C(C)C. The van der Waals surface area contributed by atoms with Gasteiger partial charge in [0.05, 0.1) is 0 Å². The Balaban J connectivity index is 3.05. The zero-order valence-electron chi connectivity index (χ0n) is 8.63. The number of rotatable bonds is 2. The van der Waals surface area contributed by atoms with Gasteiger partial charge in [0.2, 0.25) is 0 Å². The van der Waals surface area contributed by atoms with Crippen LogP contribution in [0.5, 0.6) is 0 Å². The summed E-state index contributed by atoms with van der Waals surface area (Å²) in [5, 5.41) is 0. The topological polar surface area (TPSA) is 17.8 Å². The van der Waals surface area contributed by atoms with Crippen LogP contribution < -0.4 is 0 Å². The van der Waals surface area contributed by atoms with Gasteiger partial charge in [-0.05, 0) is 26.7 Å². The van der Waals surface area contributed by atoms with Crippen molar-refractivity contribution >= 4 is 0 Å².